The van der Waals surface area contributed by atoms with Gasteiger partial charge in [-0.15, -0.1) is 0 Å². The number of guanidine groups is 1. The Hall–Kier alpha value is -3.13. The van der Waals surface area contributed by atoms with Gasteiger partial charge >= 0.3 is 0 Å². The summed E-state index contributed by atoms with van der Waals surface area (Å²) in [5, 5.41) is 11.9. The predicted octanol–water partition coefficient (Wildman–Crippen LogP) is 2.20. The van der Waals surface area contributed by atoms with Crippen LogP contribution in [0, 0.1) is 0 Å². The van der Waals surface area contributed by atoms with Gasteiger partial charge < -0.3 is 14.7 Å². The van der Waals surface area contributed by atoms with E-state index in [1.54, 1.807) is 6.26 Å². The number of nitrogens with one attached hydrogen (secondary N) is 1. The van der Waals surface area contributed by atoms with Gasteiger partial charge in [0.15, 0.2) is 5.96 Å². The molecule has 8 heteroatoms. The molecule has 0 unspecified atom stereocenters. The highest BCUT2D eigenvalue weighted by atomic mass is 16.5. The molecule has 1 aliphatic heterocycles. The molecule has 30 heavy (non-hydrogen) atoms. The summed E-state index contributed by atoms with van der Waals surface area (Å²) in [4.78, 5) is 9.59. The third-order valence-corrected chi connectivity index (χ3v) is 5.17. The lowest BCUT2D eigenvalue weighted by atomic mass is 10.2. The molecule has 3 aromatic rings. The van der Waals surface area contributed by atoms with E-state index in [9.17, 15) is 0 Å². The third kappa shape index (κ3) is 5.48. The molecule has 0 amide bonds. The van der Waals surface area contributed by atoms with Crippen LogP contribution in [0.3, 0.4) is 0 Å². The molecular weight excluding hydrogens is 378 g/mol. The van der Waals surface area contributed by atoms with Gasteiger partial charge in [0.05, 0.1) is 25.0 Å². The summed E-state index contributed by atoms with van der Waals surface area (Å²) in [6.45, 7) is 9.03. The minimum absolute atomic E-state index is 0.621. The molecule has 1 aliphatic rings. The van der Waals surface area contributed by atoms with Crippen molar-refractivity contribution in [1.29, 1.82) is 0 Å². The summed E-state index contributed by atoms with van der Waals surface area (Å²) < 4.78 is 6.90. The van der Waals surface area contributed by atoms with E-state index < -0.39 is 0 Å². The lowest BCUT2D eigenvalue weighted by Gasteiger charge is -2.36. The van der Waals surface area contributed by atoms with Crippen LogP contribution in [-0.2, 0) is 19.6 Å². The van der Waals surface area contributed by atoms with E-state index in [0.717, 1.165) is 63.0 Å². The Balaban J connectivity index is 1.32. The number of piperazine rings is 1. The van der Waals surface area contributed by atoms with E-state index in [4.69, 9.17) is 9.52 Å². The first kappa shape index (κ1) is 20.2. The van der Waals surface area contributed by atoms with E-state index >= 15 is 0 Å². The number of aromatic nitrogens is 3. The van der Waals surface area contributed by atoms with Crippen molar-refractivity contribution in [2.24, 2.45) is 4.99 Å². The van der Waals surface area contributed by atoms with Crippen molar-refractivity contribution in [2.45, 2.75) is 26.6 Å². The number of rotatable bonds is 7. The van der Waals surface area contributed by atoms with Crippen LogP contribution < -0.4 is 5.32 Å². The molecule has 1 fully saturated rings. The van der Waals surface area contributed by atoms with Gasteiger partial charge in [0.2, 0.25) is 0 Å². The molecule has 0 atom stereocenters. The van der Waals surface area contributed by atoms with E-state index in [2.05, 4.69) is 62.8 Å². The monoisotopic (exact) mass is 407 g/mol. The zero-order chi connectivity index (χ0) is 20.6. The van der Waals surface area contributed by atoms with Crippen LogP contribution in [0.1, 0.15) is 23.7 Å². The van der Waals surface area contributed by atoms with Crippen molar-refractivity contribution in [2.75, 3.05) is 32.7 Å². The van der Waals surface area contributed by atoms with Crippen molar-refractivity contribution >= 4 is 5.96 Å². The van der Waals surface area contributed by atoms with E-state index in [1.165, 1.54) is 5.56 Å². The van der Waals surface area contributed by atoms with Crippen molar-refractivity contribution in [3.8, 4) is 0 Å². The Kier molecular flexibility index (Phi) is 6.76. The molecule has 1 saturated heterocycles. The molecule has 2 aromatic heterocycles. The van der Waals surface area contributed by atoms with E-state index in [-0.39, 0.29) is 0 Å². The molecule has 0 bridgehead atoms. The lowest BCUT2D eigenvalue weighted by molar-refractivity contribution is 0.169. The minimum Gasteiger partial charge on any atom is -0.364 e. The summed E-state index contributed by atoms with van der Waals surface area (Å²) in [7, 11) is 0. The largest absolute Gasteiger partial charge is 0.364 e. The van der Waals surface area contributed by atoms with Crippen LogP contribution in [0.2, 0.25) is 0 Å². The first-order valence-electron chi connectivity index (χ1n) is 10.5. The average Bonchev–Trinajstić information content (AvgIpc) is 3.45. The third-order valence-electron chi connectivity index (χ3n) is 5.17. The van der Waals surface area contributed by atoms with Crippen LogP contribution >= 0.6 is 0 Å². The summed E-state index contributed by atoms with van der Waals surface area (Å²) in [5.41, 5.74) is 3.34. The first-order chi connectivity index (χ1) is 14.8. The smallest absolute Gasteiger partial charge is 0.194 e. The Morgan fingerprint density at radius 2 is 1.90 bits per heavy atom. The maximum atomic E-state index is 4.93. The van der Waals surface area contributed by atoms with Gasteiger partial charge in [-0.2, -0.15) is 5.10 Å². The molecule has 0 aliphatic carbocycles. The van der Waals surface area contributed by atoms with Crippen LogP contribution in [0.5, 0.6) is 0 Å². The molecule has 8 nitrogen and oxygen atoms in total. The summed E-state index contributed by atoms with van der Waals surface area (Å²) >= 11 is 0. The first-order valence-corrected chi connectivity index (χ1v) is 10.5. The van der Waals surface area contributed by atoms with Gasteiger partial charge in [-0.05, 0) is 12.5 Å². The van der Waals surface area contributed by atoms with E-state index in [0.29, 0.717) is 6.54 Å². The number of nitrogens with zero attached hydrogens (tertiary/aromatic N) is 6. The normalized spacial score (nSPS) is 15.5. The molecule has 4 rings (SSSR count). The number of benzene rings is 1. The second-order valence-corrected chi connectivity index (χ2v) is 7.46. The number of hydrogen-bond acceptors (Lipinski definition) is 5. The Labute approximate surface area is 177 Å². The molecule has 0 spiro atoms. The average molecular weight is 408 g/mol. The molecule has 0 radical (unpaired) electrons. The highest BCUT2D eigenvalue weighted by Gasteiger charge is 2.20. The maximum absolute atomic E-state index is 4.93. The standard InChI is InChI=1S/C22H29N7O/c1-2-23-22(28-11-9-27(10-12-28)18-21-8-13-30-26-21)24-14-20-15-25-29(17-20)16-19-6-4-3-5-7-19/h3-8,13,15,17H,2,9-12,14,16,18H2,1H3,(H,23,24). The van der Waals surface area contributed by atoms with Crippen LogP contribution in [0.25, 0.3) is 0 Å². The summed E-state index contributed by atoms with van der Waals surface area (Å²) in [6.07, 6.45) is 5.62. The summed E-state index contributed by atoms with van der Waals surface area (Å²) in [5.74, 6) is 0.967. The lowest BCUT2D eigenvalue weighted by Crippen LogP contribution is -2.52. The highest BCUT2D eigenvalue weighted by molar-refractivity contribution is 5.80. The van der Waals surface area contributed by atoms with Crippen molar-refractivity contribution < 1.29 is 4.52 Å². The second kappa shape index (κ2) is 10.1. The molecule has 0 saturated carbocycles. The number of hydrogen-bond donors (Lipinski definition) is 1. The van der Waals surface area contributed by atoms with Gasteiger partial charge in [0.25, 0.3) is 0 Å². The number of aliphatic imine (C=N–C) groups is 1. The van der Waals surface area contributed by atoms with Gasteiger partial charge in [0.1, 0.15) is 6.26 Å². The van der Waals surface area contributed by atoms with E-state index in [1.807, 2.05) is 23.0 Å². The Morgan fingerprint density at radius 3 is 2.63 bits per heavy atom. The fourth-order valence-electron chi connectivity index (χ4n) is 3.60. The molecule has 1 N–H and O–H groups in total. The Morgan fingerprint density at radius 1 is 1.07 bits per heavy atom. The maximum Gasteiger partial charge on any atom is 0.194 e. The predicted molar refractivity (Wildman–Crippen MR) is 116 cm³/mol. The van der Waals surface area contributed by atoms with Crippen LogP contribution in [-0.4, -0.2) is 63.4 Å². The second-order valence-electron chi connectivity index (χ2n) is 7.46. The minimum atomic E-state index is 0.621. The molecule has 158 valence electrons. The van der Waals surface area contributed by atoms with Crippen molar-refractivity contribution in [3.63, 3.8) is 0 Å². The quantitative estimate of drug-likeness (QED) is 0.478. The molecule has 3 heterocycles. The zero-order valence-corrected chi connectivity index (χ0v) is 17.4. The van der Waals surface area contributed by atoms with Crippen molar-refractivity contribution in [3.05, 3.63) is 71.9 Å². The van der Waals surface area contributed by atoms with Gasteiger partial charge in [-0.25, -0.2) is 4.99 Å². The fraction of sp³-hybridized carbons (Fsp3) is 0.409. The molecular formula is C22H29N7O. The Bertz CT molecular complexity index is 912. The topological polar surface area (TPSA) is 74.7 Å². The van der Waals surface area contributed by atoms with Gasteiger partial charge in [0, 0.05) is 57.1 Å². The SMILES string of the molecule is CCNC(=NCc1cnn(Cc2ccccc2)c1)N1CCN(Cc2ccon2)CC1. The zero-order valence-electron chi connectivity index (χ0n) is 17.4. The van der Waals surface area contributed by atoms with Crippen LogP contribution in [0.4, 0.5) is 0 Å². The molecule has 1 aromatic carbocycles. The van der Waals surface area contributed by atoms with Gasteiger partial charge in [-0.1, -0.05) is 35.5 Å². The highest BCUT2D eigenvalue weighted by Crippen LogP contribution is 2.09. The van der Waals surface area contributed by atoms with Crippen LogP contribution in [0.15, 0.2) is 64.6 Å². The fourth-order valence-corrected chi connectivity index (χ4v) is 3.60. The van der Waals surface area contributed by atoms with Crippen molar-refractivity contribution in [1.82, 2.24) is 30.1 Å². The van der Waals surface area contributed by atoms with Gasteiger partial charge in [-0.3, -0.25) is 9.58 Å². The summed E-state index contributed by atoms with van der Waals surface area (Å²) in [6, 6.07) is 12.3.